The Balaban J connectivity index is 1.62. The van der Waals surface area contributed by atoms with Crippen molar-refractivity contribution in [3.05, 3.63) is 29.8 Å². The van der Waals surface area contributed by atoms with Gasteiger partial charge in [-0.05, 0) is 50.9 Å². The summed E-state index contributed by atoms with van der Waals surface area (Å²) in [5.74, 6) is 0.285. The minimum absolute atomic E-state index is 0.285. The van der Waals surface area contributed by atoms with E-state index < -0.39 is 0 Å². The molecule has 1 atom stereocenters. The molecule has 0 aliphatic carbocycles. The smallest absolute Gasteiger partial charge is 0.228 e. The number of hydrogen-bond acceptors (Lipinski definition) is 2. The highest BCUT2D eigenvalue weighted by atomic mass is 16.2. The first-order valence-electron chi connectivity index (χ1n) is 7.88. The lowest BCUT2D eigenvalue weighted by atomic mass is 10.1. The average Bonchev–Trinajstić information content (AvgIpc) is 2.82. The number of amides is 1. The molecule has 1 fully saturated rings. The van der Waals surface area contributed by atoms with Crippen molar-refractivity contribution in [2.45, 2.75) is 45.1 Å². The molecule has 2 aliphatic rings. The van der Waals surface area contributed by atoms with E-state index in [0.717, 1.165) is 18.7 Å². The molecule has 3 rings (SSSR count). The Labute approximate surface area is 121 Å². The van der Waals surface area contributed by atoms with Gasteiger partial charge in [-0.1, -0.05) is 24.6 Å². The van der Waals surface area contributed by atoms with E-state index in [4.69, 9.17) is 0 Å². The topological polar surface area (TPSA) is 23.6 Å². The number of carbonyl (C=O) groups excluding carboxylic acids is 1. The summed E-state index contributed by atoms with van der Waals surface area (Å²) in [5.41, 5.74) is 2.44. The van der Waals surface area contributed by atoms with Crippen LogP contribution in [-0.2, 0) is 11.2 Å². The van der Waals surface area contributed by atoms with Crippen LogP contribution in [0.1, 0.15) is 38.2 Å². The van der Waals surface area contributed by atoms with Gasteiger partial charge in [0.25, 0.3) is 0 Å². The number of fused-ring (bicyclic) bond motifs is 1. The summed E-state index contributed by atoms with van der Waals surface area (Å²) in [6.45, 7) is 5.40. The van der Waals surface area contributed by atoms with Crippen LogP contribution in [-0.4, -0.2) is 36.5 Å². The number of rotatable bonds is 3. The van der Waals surface area contributed by atoms with E-state index in [0.29, 0.717) is 12.5 Å². The van der Waals surface area contributed by atoms with Crippen molar-refractivity contribution in [2.75, 3.05) is 24.5 Å². The van der Waals surface area contributed by atoms with Gasteiger partial charge < -0.3 is 9.80 Å². The van der Waals surface area contributed by atoms with E-state index in [2.05, 4.69) is 30.0 Å². The number of benzene rings is 1. The van der Waals surface area contributed by atoms with E-state index >= 15 is 0 Å². The van der Waals surface area contributed by atoms with Gasteiger partial charge in [0.15, 0.2) is 0 Å². The Bertz CT molecular complexity index is 480. The third kappa shape index (κ3) is 2.73. The van der Waals surface area contributed by atoms with Crippen LogP contribution in [0.25, 0.3) is 0 Å². The second kappa shape index (κ2) is 5.96. The van der Waals surface area contributed by atoms with Crippen LogP contribution in [0.2, 0.25) is 0 Å². The maximum absolute atomic E-state index is 12.6. The largest absolute Gasteiger partial charge is 0.309 e. The van der Waals surface area contributed by atoms with E-state index in [-0.39, 0.29) is 5.91 Å². The van der Waals surface area contributed by atoms with Crippen molar-refractivity contribution in [3.63, 3.8) is 0 Å². The summed E-state index contributed by atoms with van der Waals surface area (Å²) >= 11 is 0. The minimum Gasteiger partial charge on any atom is -0.309 e. The first kappa shape index (κ1) is 13.6. The fraction of sp³-hybridized carbons (Fsp3) is 0.588. The second-order valence-corrected chi connectivity index (χ2v) is 6.10. The van der Waals surface area contributed by atoms with Crippen LogP contribution in [0.15, 0.2) is 24.3 Å². The molecule has 1 amide bonds. The number of nitrogens with zero attached hydrogens (tertiary/aromatic N) is 2. The van der Waals surface area contributed by atoms with E-state index in [1.165, 1.54) is 37.9 Å². The molecule has 108 valence electrons. The highest BCUT2D eigenvalue weighted by molar-refractivity contribution is 5.96. The number of hydrogen-bond donors (Lipinski definition) is 0. The molecular weight excluding hydrogens is 248 g/mol. The van der Waals surface area contributed by atoms with Gasteiger partial charge in [0, 0.05) is 24.7 Å². The molecule has 1 saturated heterocycles. The molecule has 2 aliphatic heterocycles. The van der Waals surface area contributed by atoms with Crippen LogP contribution < -0.4 is 4.90 Å². The number of likely N-dealkylation sites (tertiary alicyclic amines) is 1. The van der Waals surface area contributed by atoms with Crippen LogP contribution >= 0.6 is 0 Å². The third-order valence-electron chi connectivity index (χ3n) is 4.57. The summed E-state index contributed by atoms with van der Waals surface area (Å²) in [5, 5.41) is 0. The summed E-state index contributed by atoms with van der Waals surface area (Å²) in [7, 11) is 0. The van der Waals surface area contributed by atoms with Crippen LogP contribution in [0.3, 0.4) is 0 Å². The van der Waals surface area contributed by atoms with Crippen molar-refractivity contribution in [3.8, 4) is 0 Å². The zero-order chi connectivity index (χ0) is 13.9. The number of anilines is 1. The van der Waals surface area contributed by atoms with Crippen molar-refractivity contribution < 1.29 is 4.79 Å². The number of carbonyl (C=O) groups is 1. The van der Waals surface area contributed by atoms with Gasteiger partial charge >= 0.3 is 0 Å². The van der Waals surface area contributed by atoms with Crippen LogP contribution in [0.4, 0.5) is 5.69 Å². The SMILES string of the molecule is C[C@H]1Cc2ccccc2N1C(=O)CCN1CCCCC1. The van der Waals surface area contributed by atoms with Gasteiger partial charge in [-0.2, -0.15) is 0 Å². The standard InChI is InChI=1S/C17H24N2O/c1-14-13-15-7-3-4-8-16(15)19(14)17(20)9-12-18-10-5-2-6-11-18/h3-4,7-8,14H,2,5-6,9-13H2,1H3/t14-/m0/s1. The van der Waals surface area contributed by atoms with E-state index in [9.17, 15) is 4.79 Å². The highest BCUT2D eigenvalue weighted by Crippen LogP contribution is 2.32. The Morgan fingerprint density at radius 3 is 2.75 bits per heavy atom. The lowest BCUT2D eigenvalue weighted by molar-refractivity contribution is -0.119. The molecule has 0 spiro atoms. The third-order valence-corrected chi connectivity index (χ3v) is 4.57. The molecule has 0 aromatic heterocycles. The molecule has 20 heavy (non-hydrogen) atoms. The first-order chi connectivity index (χ1) is 9.75. The van der Waals surface area contributed by atoms with E-state index in [1.54, 1.807) is 0 Å². The summed E-state index contributed by atoms with van der Waals surface area (Å²) in [6.07, 6.45) is 5.57. The van der Waals surface area contributed by atoms with Crippen molar-refractivity contribution >= 4 is 11.6 Å². The monoisotopic (exact) mass is 272 g/mol. The number of para-hydroxylation sites is 1. The predicted octanol–water partition coefficient (Wildman–Crippen LogP) is 2.84. The van der Waals surface area contributed by atoms with Gasteiger partial charge in [0.1, 0.15) is 0 Å². The summed E-state index contributed by atoms with van der Waals surface area (Å²) in [6, 6.07) is 8.62. The summed E-state index contributed by atoms with van der Waals surface area (Å²) in [4.78, 5) is 17.0. The molecule has 3 heteroatoms. The fourth-order valence-corrected chi connectivity index (χ4v) is 3.50. The zero-order valence-corrected chi connectivity index (χ0v) is 12.3. The van der Waals surface area contributed by atoms with Crippen LogP contribution in [0, 0.1) is 0 Å². The highest BCUT2D eigenvalue weighted by Gasteiger charge is 2.30. The van der Waals surface area contributed by atoms with Crippen LogP contribution in [0.5, 0.6) is 0 Å². The molecule has 0 N–H and O–H groups in total. The Hall–Kier alpha value is -1.35. The predicted molar refractivity (Wildman–Crippen MR) is 82.0 cm³/mol. The van der Waals surface area contributed by atoms with Gasteiger partial charge in [-0.15, -0.1) is 0 Å². The van der Waals surface area contributed by atoms with Gasteiger partial charge in [-0.3, -0.25) is 4.79 Å². The fourth-order valence-electron chi connectivity index (χ4n) is 3.50. The van der Waals surface area contributed by atoms with Gasteiger partial charge in [-0.25, -0.2) is 0 Å². The normalized spacial score (nSPS) is 22.9. The Morgan fingerprint density at radius 2 is 1.95 bits per heavy atom. The van der Waals surface area contributed by atoms with Crippen molar-refractivity contribution in [1.29, 1.82) is 0 Å². The van der Waals surface area contributed by atoms with Crippen molar-refractivity contribution in [1.82, 2.24) is 4.90 Å². The average molecular weight is 272 g/mol. The Kier molecular flexibility index (Phi) is 4.06. The molecule has 0 unspecified atom stereocenters. The Morgan fingerprint density at radius 1 is 1.20 bits per heavy atom. The molecular formula is C17H24N2O. The molecule has 3 nitrogen and oxygen atoms in total. The molecule has 1 aromatic rings. The maximum Gasteiger partial charge on any atom is 0.228 e. The van der Waals surface area contributed by atoms with Crippen molar-refractivity contribution in [2.24, 2.45) is 0 Å². The van der Waals surface area contributed by atoms with Gasteiger partial charge in [0.05, 0.1) is 0 Å². The summed E-state index contributed by atoms with van der Waals surface area (Å²) < 4.78 is 0. The lowest BCUT2D eigenvalue weighted by Crippen LogP contribution is -2.39. The minimum atomic E-state index is 0.285. The quantitative estimate of drug-likeness (QED) is 0.844. The second-order valence-electron chi connectivity index (χ2n) is 6.10. The molecule has 0 radical (unpaired) electrons. The number of piperidine rings is 1. The molecule has 2 heterocycles. The lowest BCUT2D eigenvalue weighted by Gasteiger charge is -2.28. The molecule has 0 saturated carbocycles. The molecule has 0 bridgehead atoms. The van der Waals surface area contributed by atoms with E-state index in [1.807, 2.05) is 11.0 Å². The molecule has 1 aromatic carbocycles. The maximum atomic E-state index is 12.6. The van der Waals surface area contributed by atoms with Gasteiger partial charge in [0.2, 0.25) is 5.91 Å². The first-order valence-corrected chi connectivity index (χ1v) is 7.88. The zero-order valence-electron chi connectivity index (χ0n) is 12.3.